The molecule has 1 saturated carbocycles. The van der Waals surface area contributed by atoms with Gasteiger partial charge < -0.3 is 14.5 Å². The molecule has 4 rings (SSSR count). The van der Waals surface area contributed by atoms with Gasteiger partial charge in [-0.1, -0.05) is 17.7 Å². The molecule has 1 N–H and O–H groups in total. The zero-order valence-electron chi connectivity index (χ0n) is 18.3. The molecule has 0 radical (unpaired) electrons. The monoisotopic (exact) mass is 504 g/mol. The van der Waals surface area contributed by atoms with Gasteiger partial charge in [-0.3, -0.25) is 4.72 Å². The Morgan fingerprint density at radius 1 is 1.21 bits per heavy atom. The van der Waals surface area contributed by atoms with Crippen molar-refractivity contribution in [3.8, 4) is 0 Å². The minimum atomic E-state index is -4.77. The number of benzene rings is 1. The highest BCUT2D eigenvalue weighted by molar-refractivity contribution is 7.92. The molecule has 2 heterocycles. The van der Waals surface area contributed by atoms with E-state index in [4.69, 9.17) is 16.3 Å². The third-order valence-corrected chi connectivity index (χ3v) is 8.46. The first-order valence-electron chi connectivity index (χ1n) is 10.3. The molecule has 180 valence electrons. The second kappa shape index (κ2) is 8.30. The molecule has 1 aliphatic heterocycles. The van der Waals surface area contributed by atoms with Crippen LogP contribution in [0.5, 0.6) is 0 Å². The van der Waals surface area contributed by atoms with Crippen molar-refractivity contribution in [3.05, 3.63) is 46.9 Å². The number of methoxy groups -OCH3 is 1. The first kappa shape index (κ1) is 24.1. The molecule has 0 amide bonds. The average molecular weight is 505 g/mol. The van der Waals surface area contributed by atoms with Gasteiger partial charge in [0.05, 0.1) is 11.2 Å². The van der Waals surface area contributed by atoms with E-state index in [0.717, 1.165) is 31.0 Å². The fourth-order valence-corrected chi connectivity index (χ4v) is 6.32. The van der Waals surface area contributed by atoms with E-state index in [-0.39, 0.29) is 11.2 Å². The lowest BCUT2D eigenvalue weighted by molar-refractivity contribution is -0.0648. The summed E-state index contributed by atoms with van der Waals surface area (Å²) in [4.78, 5) is 5.92. The van der Waals surface area contributed by atoms with Crippen molar-refractivity contribution in [1.82, 2.24) is 9.88 Å². The largest absolute Gasteiger partial charge is 0.374 e. The summed E-state index contributed by atoms with van der Waals surface area (Å²) in [6.45, 7) is 0.775. The normalized spacial score (nSPS) is 22.1. The first-order valence-corrected chi connectivity index (χ1v) is 12.1. The van der Waals surface area contributed by atoms with Gasteiger partial charge in [-0.05, 0) is 45.5 Å². The van der Waals surface area contributed by atoms with Crippen LogP contribution in [0.2, 0.25) is 5.02 Å². The van der Waals surface area contributed by atoms with E-state index in [1.807, 2.05) is 18.8 Å². The van der Waals surface area contributed by atoms with E-state index in [1.54, 1.807) is 12.0 Å². The molecule has 1 saturated heterocycles. The number of halogens is 4. The molecule has 1 aromatic carbocycles. The Morgan fingerprint density at radius 3 is 2.48 bits per heavy atom. The van der Waals surface area contributed by atoms with Gasteiger partial charge in [-0.25, -0.2) is 22.2 Å². The SMILES string of the molecule is CO[C@@]1(C2(N(C)C)CC2)CCN(c2cc(F)c(S(=O)(=O)Nc3cccc(F)n3)c(F)c2Cl)C1. The molecule has 12 heteroatoms. The van der Waals surface area contributed by atoms with Crippen LogP contribution in [0.3, 0.4) is 0 Å². The Bertz CT molecular complexity index is 1190. The maximum absolute atomic E-state index is 15.2. The summed E-state index contributed by atoms with van der Waals surface area (Å²) in [6, 6.07) is 4.26. The number of sulfonamides is 1. The Kier molecular flexibility index (Phi) is 6.05. The van der Waals surface area contributed by atoms with Crippen molar-refractivity contribution in [3.63, 3.8) is 0 Å². The van der Waals surface area contributed by atoms with Crippen molar-refractivity contribution in [2.24, 2.45) is 0 Å². The third kappa shape index (κ3) is 3.94. The number of nitrogens with zero attached hydrogens (tertiary/aromatic N) is 3. The number of ether oxygens (including phenoxy) is 1. The van der Waals surface area contributed by atoms with Crippen LogP contribution in [0.25, 0.3) is 0 Å². The van der Waals surface area contributed by atoms with Gasteiger partial charge in [-0.15, -0.1) is 0 Å². The molecule has 2 fully saturated rings. The number of hydrogen-bond donors (Lipinski definition) is 1. The number of hydrogen-bond acceptors (Lipinski definition) is 6. The van der Waals surface area contributed by atoms with Gasteiger partial charge in [0, 0.05) is 26.3 Å². The molecule has 7 nitrogen and oxygen atoms in total. The molecule has 2 aromatic rings. The van der Waals surface area contributed by atoms with E-state index in [9.17, 15) is 17.2 Å². The van der Waals surface area contributed by atoms with Crippen LogP contribution in [-0.2, 0) is 14.8 Å². The fourth-order valence-electron chi connectivity index (χ4n) is 4.85. The van der Waals surface area contributed by atoms with Gasteiger partial charge >= 0.3 is 0 Å². The van der Waals surface area contributed by atoms with Crippen LogP contribution in [0.4, 0.5) is 24.7 Å². The first-order chi connectivity index (χ1) is 15.5. The highest BCUT2D eigenvalue weighted by Crippen LogP contribution is 2.54. The van der Waals surface area contributed by atoms with E-state index in [1.165, 1.54) is 6.07 Å². The smallest absolute Gasteiger partial charge is 0.268 e. The third-order valence-electron chi connectivity index (χ3n) is 6.71. The molecule has 0 bridgehead atoms. The Labute approximate surface area is 195 Å². The predicted molar refractivity (Wildman–Crippen MR) is 119 cm³/mol. The molecule has 0 spiro atoms. The number of aromatic nitrogens is 1. The zero-order chi connectivity index (χ0) is 24.2. The van der Waals surface area contributed by atoms with Gasteiger partial charge in [0.2, 0.25) is 5.95 Å². The summed E-state index contributed by atoms with van der Waals surface area (Å²) >= 11 is 6.21. The highest BCUT2D eigenvalue weighted by atomic mass is 35.5. The average Bonchev–Trinajstić information content (AvgIpc) is 3.45. The molecule has 1 aliphatic carbocycles. The van der Waals surface area contributed by atoms with Crippen molar-refractivity contribution in [2.75, 3.05) is 43.9 Å². The van der Waals surface area contributed by atoms with Crippen molar-refractivity contribution in [2.45, 2.75) is 35.3 Å². The lowest BCUT2D eigenvalue weighted by Gasteiger charge is -2.41. The van der Waals surface area contributed by atoms with Crippen molar-refractivity contribution < 1.29 is 26.3 Å². The van der Waals surface area contributed by atoms with Gasteiger partial charge in [0.15, 0.2) is 10.7 Å². The summed E-state index contributed by atoms with van der Waals surface area (Å²) < 4.78 is 76.6. The molecule has 33 heavy (non-hydrogen) atoms. The minimum Gasteiger partial charge on any atom is -0.374 e. The molecular weight excluding hydrogens is 481 g/mol. The van der Waals surface area contributed by atoms with Crippen LogP contribution >= 0.6 is 11.6 Å². The van der Waals surface area contributed by atoms with Crippen molar-refractivity contribution in [1.29, 1.82) is 0 Å². The number of anilines is 2. The number of nitrogens with one attached hydrogen (secondary N) is 1. The van der Waals surface area contributed by atoms with E-state index < -0.39 is 48.9 Å². The number of rotatable bonds is 7. The Hall–Kier alpha value is -2.08. The number of pyridine rings is 1. The van der Waals surface area contributed by atoms with Crippen LogP contribution in [0.15, 0.2) is 29.2 Å². The van der Waals surface area contributed by atoms with Crippen LogP contribution in [0.1, 0.15) is 19.3 Å². The highest BCUT2D eigenvalue weighted by Gasteiger charge is 2.63. The molecule has 2 aliphatic rings. The van der Waals surface area contributed by atoms with E-state index in [2.05, 4.69) is 9.88 Å². The number of likely N-dealkylation sites (N-methyl/N-ethyl adjacent to an activating group) is 1. The maximum Gasteiger partial charge on any atom is 0.268 e. The summed E-state index contributed by atoms with van der Waals surface area (Å²) in [5.41, 5.74) is -0.684. The van der Waals surface area contributed by atoms with Crippen LogP contribution in [-0.4, -0.2) is 63.7 Å². The van der Waals surface area contributed by atoms with E-state index in [0.29, 0.717) is 19.5 Å². The quantitative estimate of drug-likeness (QED) is 0.458. The molecular formula is C21H24ClF3N4O3S. The second-order valence-corrected chi connectivity index (χ2v) is 10.6. The van der Waals surface area contributed by atoms with Crippen LogP contribution in [0, 0.1) is 17.6 Å². The summed E-state index contributed by atoms with van der Waals surface area (Å²) in [7, 11) is 0.803. The van der Waals surface area contributed by atoms with Gasteiger partial charge in [0.25, 0.3) is 10.0 Å². The van der Waals surface area contributed by atoms with Crippen molar-refractivity contribution >= 4 is 33.1 Å². The molecule has 1 atom stereocenters. The van der Waals surface area contributed by atoms with E-state index >= 15 is 4.39 Å². The lowest BCUT2D eigenvalue weighted by Crippen LogP contribution is -2.55. The Balaban J connectivity index is 1.67. The predicted octanol–water partition coefficient (Wildman–Crippen LogP) is 3.64. The minimum absolute atomic E-state index is 0.0444. The lowest BCUT2D eigenvalue weighted by atomic mass is 9.89. The summed E-state index contributed by atoms with van der Waals surface area (Å²) in [6.07, 6.45) is 2.50. The molecule has 0 unspecified atom stereocenters. The Morgan fingerprint density at radius 2 is 1.91 bits per heavy atom. The second-order valence-electron chi connectivity index (χ2n) is 8.58. The summed E-state index contributed by atoms with van der Waals surface area (Å²) in [5, 5.41) is -0.523. The topological polar surface area (TPSA) is 74.8 Å². The van der Waals surface area contributed by atoms with Crippen LogP contribution < -0.4 is 9.62 Å². The summed E-state index contributed by atoms with van der Waals surface area (Å²) in [5.74, 6) is -4.12. The van der Waals surface area contributed by atoms with Gasteiger partial charge in [-0.2, -0.15) is 4.39 Å². The van der Waals surface area contributed by atoms with Gasteiger partial charge in [0.1, 0.15) is 22.3 Å². The standard InChI is InChI=1S/C21H24ClF3N4O3S/c1-28(2)20(7-8-20)21(32-3)9-10-29(12-21)14-11-13(23)19(18(25)17(14)22)33(30,31)27-16-6-4-5-15(24)26-16/h4-6,11H,7-10,12H2,1-3H3,(H,26,27)/t21-/m0/s1. The maximum atomic E-state index is 15.2. The fraction of sp³-hybridized carbons (Fsp3) is 0.476. The zero-order valence-corrected chi connectivity index (χ0v) is 19.9. The molecule has 1 aromatic heterocycles.